The highest BCUT2D eigenvalue weighted by atomic mass is 32.2. The predicted molar refractivity (Wildman–Crippen MR) is 114 cm³/mol. The third kappa shape index (κ3) is 4.18. The average Bonchev–Trinajstić information content (AvgIpc) is 3.23. The van der Waals surface area contributed by atoms with E-state index in [-0.39, 0.29) is 11.4 Å². The zero-order valence-corrected chi connectivity index (χ0v) is 17.3. The van der Waals surface area contributed by atoms with Crippen molar-refractivity contribution in [1.82, 2.24) is 15.2 Å². The number of nitrogens with zero attached hydrogens (tertiary/aromatic N) is 4. The number of benzene rings is 2. The minimum absolute atomic E-state index is 0.165. The molecule has 0 spiro atoms. The molecule has 0 radical (unpaired) electrons. The summed E-state index contributed by atoms with van der Waals surface area (Å²) in [7, 11) is -3.81. The van der Waals surface area contributed by atoms with Gasteiger partial charge < -0.3 is 0 Å². The zero-order chi connectivity index (χ0) is 20.3. The van der Waals surface area contributed by atoms with E-state index in [1.165, 1.54) is 15.6 Å². The standard InChI is InChI=1S/C21H18N4O2S2/c1-16-9-11-19(12-10-16)29(26,27)25(15-17-6-3-2-4-7-17)21-24-23-20(28-21)18-8-5-13-22-14-18/h2-14H,15H2,1H3. The molecule has 0 aliphatic carbocycles. The molecule has 146 valence electrons. The van der Waals surface area contributed by atoms with Crippen molar-refractivity contribution < 1.29 is 8.42 Å². The summed E-state index contributed by atoms with van der Waals surface area (Å²) in [5, 5.41) is 9.31. The van der Waals surface area contributed by atoms with Crippen LogP contribution in [0.15, 0.2) is 84.0 Å². The molecule has 2 aromatic carbocycles. The minimum Gasteiger partial charge on any atom is -0.264 e. The number of anilines is 1. The summed E-state index contributed by atoms with van der Waals surface area (Å²) in [6.07, 6.45) is 3.36. The van der Waals surface area contributed by atoms with Gasteiger partial charge in [-0.1, -0.05) is 59.4 Å². The maximum atomic E-state index is 13.4. The molecule has 0 unspecified atom stereocenters. The Labute approximate surface area is 173 Å². The number of aromatic nitrogens is 3. The predicted octanol–water partition coefficient (Wildman–Crippen LogP) is 4.30. The van der Waals surface area contributed by atoms with Gasteiger partial charge in [-0.05, 0) is 36.8 Å². The molecule has 6 nitrogen and oxygen atoms in total. The Morgan fingerprint density at radius 1 is 0.931 bits per heavy atom. The Bertz CT molecular complexity index is 1190. The lowest BCUT2D eigenvalue weighted by Crippen LogP contribution is -2.30. The zero-order valence-electron chi connectivity index (χ0n) is 15.6. The maximum Gasteiger partial charge on any atom is 0.266 e. The highest BCUT2D eigenvalue weighted by Gasteiger charge is 2.28. The number of hydrogen-bond acceptors (Lipinski definition) is 6. The molecular weight excluding hydrogens is 404 g/mol. The number of sulfonamides is 1. The van der Waals surface area contributed by atoms with E-state index in [0.29, 0.717) is 10.1 Å². The highest BCUT2D eigenvalue weighted by Crippen LogP contribution is 2.32. The van der Waals surface area contributed by atoms with Gasteiger partial charge in [-0.15, -0.1) is 10.2 Å². The summed E-state index contributed by atoms with van der Waals surface area (Å²) in [5.41, 5.74) is 2.65. The molecule has 29 heavy (non-hydrogen) atoms. The fourth-order valence-electron chi connectivity index (χ4n) is 2.76. The topological polar surface area (TPSA) is 76.1 Å². The first-order chi connectivity index (χ1) is 14.0. The first kappa shape index (κ1) is 19.2. The van der Waals surface area contributed by atoms with E-state index in [1.807, 2.05) is 43.3 Å². The number of pyridine rings is 1. The Balaban J connectivity index is 1.77. The van der Waals surface area contributed by atoms with Crippen LogP contribution < -0.4 is 4.31 Å². The third-order valence-electron chi connectivity index (χ3n) is 4.31. The van der Waals surface area contributed by atoms with Crippen molar-refractivity contribution in [3.63, 3.8) is 0 Å². The molecule has 0 fully saturated rings. The Hall–Kier alpha value is -3.10. The van der Waals surface area contributed by atoms with Crippen molar-refractivity contribution in [3.05, 3.63) is 90.3 Å². The lowest BCUT2D eigenvalue weighted by atomic mass is 10.2. The van der Waals surface area contributed by atoms with Crippen LogP contribution in [-0.4, -0.2) is 23.6 Å². The second kappa shape index (κ2) is 8.10. The van der Waals surface area contributed by atoms with E-state index in [2.05, 4.69) is 15.2 Å². The van der Waals surface area contributed by atoms with Gasteiger partial charge in [0, 0.05) is 18.0 Å². The highest BCUT2D eigenvalue weighted by molar-refractivity contribution is 7.93. The normalized spacial score (nSPS) is 11.3. The summed E-state index contributed by atoms with van der Waals surface area (Å²) in [4.78, 5) is 4.31. The molecule has 0 saturated carbocycles. The Kier molecular flexibility index (Phi) is 5.37. The van der Waals surface area contributed by atoms with Gasteiger partial charge in [0.15, 0.2) is 5.01 Å². The molecule has 0 saturated heterocycles. The second-order valence-electron chi connectivity index (χ2n) is 6.44. The summed E-state index contributed by atoms with van der Waals surface area (Å²) >= 11 is 1.22. The smallest absolute Gasteiger partial charge is 0.264 e. The molecule has 0 aliphatic rings. The fraction of sp³-hybridized carbons (Fsp3) is 0.0952. The van der Waals surface area contributed by atoms with Crippen LogP contribution in [0.1, 0.15) is 11.1 Å². The van der Waals surface area contributed by atoms with Gasteiger partial charge in [-0.3, -0.25) is 4.98 Å². The largest absolute Gasteiger partial charge is 0.266 e. The maximum absolute atomic E-state index is 13.4. The van der Waals surface area contributed by atoms with Crippen LogP contribution in [-0.2, 0) is 16.6 Å². The van der Waals surface area contributed by atoms with Crippen molar-refractivity contribution >= 4 is 26.5 Å². The minimum atomic E-state index is -3.81. The lowest BCUT2D eigenvalue weighted by molar-refractivity contribution is 0.590. The van der Waals surface area contributed by atoms with Gasteiger partial charge >= 0.3 is 0 Å². The molecule has 4 rings (SSSR count). The van der Waals surface area contributed by atoms with Crippen LogP contribution >= 0.6 is 11.3 Å². The molecule has 0 amide bonds. The van der Waals surface area contributed by atoms with Gasteiger partial charge in [0.25, 0.3) is 10.0 Å². The molecule has 2 heterocycles. The van der Waals surface area contributed by atoms with E-state index in [9.17, 15) is 8.42 Å². The summed E-state index contributed by atoms with van der Waals surface area (Å²) in [6.45, 7) is 2.09. The van der Waals surface area contributed by atoms with Crippen molar-refractivity contribution in [2.75, 3.05) is 4.31 Å². The summed E-state index contributed by atoms with van der Waals surface area (Å²) < 4.78 is 28.2. The van der Waals surface area contributed by atoms with Gasteiger partial charge in [0.2, 0.25) is 5.13 Å². The number of aryl methyl sites for hydroxylation is 1. The van der Waals surface area contributed by atoms with E-state index in [1.54, 1.807) is 42.7 Å². The van der Waals surface area contributed by atoms with Crippen LogP contribution in [0.3, 0.4) is 0 Å². The SMILES string of the molecule is Cc1ccc(S(=O)(=O)N(Cc2ccccc2)c2nnc(-c3cccnc3)s2)cc1. The monoisotopic (exact) mass is 422 g/mol. The average molecular weight is 423 g/mol. The van der Waals surface area contributed by atoms with Crippen molar-refractivity contribution in [3.8, 4) is 10.6 Å². The Morgan fingerprint density at radius 2 is 1.69 bits per heavy atom. The van der Waals surface area contributed by atoms with Gasteiger partial charge in [0.05, 0.1) is 11.4 Å². The summed E-state index contributed by atoms with van der Waals surface area (Å²) in [5.74, 6) is 0. The molecule has 0 N–H and O–H groups in total. The van der Waals surface area contributed by atoms with Crippen molar-refractivity contribution in [1.29, 1.82) is 0 Å². The van der Waals surface area contributed by atoms with Crippen LogP contribution in [0, 0.1) is 6.92 Å². The van der Waals surface area contributed by atoms with Gasteiger partial charge in [0.1, 0.15) is 0 Å². The summed E-state index contributed by atoms with van der Waals surface area (Å²) in [6, 6.07) is 19.9. The molecule has 0 aliphatic heterocycles. The van der Waals surface area contributed by atoms with Crippen molar-refractivity contribution in [2.45, 2.75) is 18.4 Å². The number of rotatable bonds is 6. The quantitative estimate of drug-likeness (QED) is 0.463. The molecule has 0 atom stereocenters. The van der Waals surface area contributed by atoms with Crippen molar-refractivity contribution in [2.24, 2.45) is 0 Å². The first-order valence-corrected chi connectivity index (χ1v) is 11.2. The van der Waals surface area contributed by atoms with Crippen LogP contribution in [0.25, 0.3) is 10.6 Å². The second-order valence-corrected chi connectivity index (χ2v) is 9.26. The van der Waals surface area contributed by atoms with Crippen LogP contribution in [0.2, 0.25) is 0 Å². The van der Waals surface area contributed by atoms with E-state index in [0.717, 1.165) is 16.7 Å². The Morgan fingerprint density at radius 3 is 2.38 bits per heavy atom. The van der Waals surface area contributed by atoms with E-state index in [4.69, 9.17) is 0 Å². The fourth-order valence-corrected chi connectivity index (χ4v) is 5.21. The molecule has 2 aromatic heterocycles. The van der Waals surface area contributed by atoms with Gasteiger partial charge in [-0.2, -0.15) is 0 Å². The molecular formula is C21H18N4O2S2. The molecule has 0 bridgehead atoms. The van der Waals surface area contributed by atoms with E-state index >= 15 is 0 Å². The first-order valence-electron chi connectivity index (χ1n) is 8.91. The lowest BCUT2D eigenvalue weighted by Gasteiger charge is -2.21. The van der Waals surface area contributed by atoms with Gasteiger partial charge in [-0.25, -0.2) is 12.7 Å². The third-order valence-corrected chi connectivity index (χ3v) is 7.18. The van der Waals surface area contributed by atoms with E-state index < -0.39 is 10.0 Å². The number of hydrogen-bond donors (Lipinski definition) is 0. The molecule has 4 aromatic rings. The molecule has 8 heteroatoms. The van der Waals surface area contributed by atoms with Crippen LogP contribution in [0.4, 0.5) is 5.13 Å². The van der Waals surface area contributed by atoms with Crippen LogP contribution in [0.5, 0.6) is 0 Å².